The van der Waals surface area contributed by atoms with Gasteiger partial charge in [-0.05, 0) is 36.2 Å². The molecule has 0 unspecified atom stereocenters. The standard InChI is InChI=1S/C15H13ClN2O2/c1-15(11-3-2-4-12(16)6-11)7-9-5-10(14(19)20)8-17-13(9)18-15/h2-6,8H,7H2,1H3,(H,17,18)(H,19,20)/t15-/m0/s1. The SMILES string of the molecule is C[C@@]1(c2cccc(Cl)c2)Cc2cc(C(=O)O)cnc2N1. The minimum absolute atomic E-state index is 0.209. The van der Waals surface area contributed by atoms with Gasteiger partial charge in [0.1, 0.15) is 5.82 Å². The molecule has 5 heteroatoms. The minimum atomic E-state index is -0.961. The quantitative estimate of drug-likeness (QED) is 0.890. The summed E-state index contributed by atoms with van der Waals surface area (Å²) in [6.45, 7) is 2.06. The summed E-state index contributed by atoms with van der Waals surface area (Å²) in [5.74, 6) is -0.228. The Labute approximate surface area is 121 Å². The van der Waals surface area contributed by atoms with Crippen LogP contribution in [0.5, 0.6) is 0 Å². The molecule has 102 valence electrons. The first-order valence-electron chi connectivity index (χ1n) is 6.24. The molecule has 0 spiro atoms. The third-order valence-electron chi connectivity index (χ3n) is 3.61. The Hall–Kier alpha value is -2.07. The van der Waals surface area contributed by atoms with Gasteiger partial charge in [0.05, 0.1) is 11.1 Å². The van der Waals surface area contributed by atoms with Gasteiger partial charge in [0, 0.05) is 17.6 Å². The number of anilines is 1. The van der Waals surface area contributed by atoms with Crippen LogP contribution in [0.2, 0.25) is 5.02 Å². The van der Waals surface area contributed by atoms with Gasteiger partial charge in [-0.3, -0.25) is 0 Å². The Bertz CT molecular complexity index is 702. The summed E-state index contributed by atoms with van der Waals surface area (Å²) >= 11 is 6.04. The largest absolute Gasteiger partial charge is 0.478 e. The number of hydrogen-bond donors (Lipinski definition) is 2. The van der Waals surface area contributed by atoms with Gasteiger partial charge in [0.2, 0.25) is 0 Å². The van der Waals surface area contributed by atoms with Crippen LogP contribution in [-0.2, 0) is 12.0 Å². The van der Waals surface area contributed by atoms with Crippen molar-refractivity contribution in [2.24, 2.45) is 0 Å². The second kappa shape index (κ2) is 4.49. The van der Waals surface area contributed by atoms with E-state index in [4.69, 9.17) is 16.7 Å². The van der Waals surface area contributed by atoms with E-state index in [1.165, 1.54) is 6.20 Å². The highest BCUT2D eigenvalue weighted by Gasteiger charge is 2.35. The van der Waals surface area contributed by atoms with Crippen molar-refractivity contribution in [1.82, 2.24) is 4.98 Å². The lowest BCUT2D eigenvalue weighted by molar-refractivity contribution is 0.0696. The summed E-state index contributed by atoms with van der Waals surface area (Å²) in [6, 6.07) is 9.33. The molecule has 3 rings (SSSR count). The molecule has 1 aromatic carbocycles. The summed E-state index contributed by atoms with van der Waals surface area (Å²) in [7, 11) is 0. The van der Waals surface area contributed by atoms with E-state index in [0.717, 1.165) is 16.9 Å². The average molecular weight is 289 g/mol. The van der Waals surface area contributed by atoms with E-state index in [9.17, 15) is 4.79 Å². The van der Waals surface area contributed by atoms with Gasteiger partial charge < -0.3 is 10.4 Å². The lowest BCUT2D eigenvalue weighted by atomic mass is 9.89. The van der Waals surface area contributed by atoms with Gasteiger partial charge in [-0.25, -0.2) is 9.78 Å². The van der Waals surface area contributed by atoms with Crippen molar-refractivity contribution >= 4 is 23.4 Å². The topological polar surface area (TPSA) is 62.2 Å². The molecule has 0 radical (unpaired) electrons. The number of benzene rings is 1. The molecule has 2 heterocycles. The van der Waals surface area contributed by atoms with Crippen molar-refractivity contribution < 1.29 is 9.90 Å². The molecule has 2 N–H and O–H groups in total. The van der Waals surface area contributed by atoms with Crippen molar-refractivity contribution in [3.05, 3.63) is 58.2 Å². The van der Waals surface area contributed by atoms with E-state index in [1.807, 2.05) is 24.3 Å². The summed E-state index contributed by atoms with van der Waals surface area (Å²) in [5, 5.41) is 13.1. The maximum absolute atomic E-state index is 11.0. The monoisotopic (exact) mass is 288 g/mol. The maximum atomic E-state index is 11.0. The number of hydrogen-bond acceptors (Lipinski definition) is 3. The molecule has 1 aromatic heterocycles. The minimum Gasteiger partial charge on any atom is -0.478 e. The van der Waals surface area contributed by atoms with Gasteiger partial charge in [-0.1, -0.05) is 23.7 Å². The first-order chi connectivity index (χ1) is 9.48. The molecular formula is C15H13ClN2O2. The molecule has 0 saturated carbocycles. The van der Waals surface area contributed by atoms with Crippen molar-refractivity contribution in [1.29, 1.82) is 0 Å². The van der Waals surface area contributed by atoms with Crippen LogP contribution in [0.4, 0.5) is 5.82 Å². The molecule has 1 aliphatic heterocycles. The van der Waals surface area contributed by atoms with Gasteiger partial charge in [0.15, 0.2) is 0 Å². The first kappa shape index (κ1) is 12.9. The summed E-state index contributed by atoms with van der Waals surface area (Å²) in [6.07, 6.45) is 2.05. The van der Waals surface area contributed by atoms with Crippen LogP contribution < -0.4 is 5.32 Å². The number of halogens is 1. The Morgan fingerprint density at radius 2 is 2.25 bits per heavy atom. The highest BCUT2D eigenvalue weighted by molar-refractivity contribution is 6.30. The second-order valence-electron chi connectivity index (χ2n) is 5.18. The molecule has 1 atom stereocenters. The number of nitrogens with one attached hydrogen (secondary N) is 1. The number of carboxylic acid groups (broad SMARTS) is 1. The van der Waals surface area contributed by atoms with Crippen molar-refractivity contribution in [2.45, 2.75) is 18.9 Å². The predicted octanol–water partition coefficient (Wildman–Crippen LogP) is 3.32. The van der Waals surface area contributed by atoms with E-state index in [1.54, 1.807) is 6.07 Å². The zero-order chi connectivity index (χ0) is 14.3. The van der Waals surface area contributed by atoms with E-state index in [0.29, 0.717) is 11.4 Å². The van der Waals surface area contributed by atoms with E-state index in [2.05, 4.69) is 17.2 Å². The lowest BCUT2D eigenvalue weighted by Crippen LogP contribution is -2.29. The number of carboxylic acids is 1. The fourth-order valence-corrected chi connectivity index (χ4v) is 2.76. The molecule has 0 aliphatic carbocycles. The molecule has 4 nitrogen and oxygen atoms in total. The van der Waals surface area contributed by atoms with E-state index >= 15 is 0 Å². The number of aromatic carboxylic acids is 1. The molecule has 20 heavy (non-hydrogen) atoms. The molecule has 0 bridgehead atoms. The van der Waals surface area contributed by atoms with Crippen LogP contribution >= 0.6 is 11.6 Å². The number of pyridine rings is 1. The van der Waals surface area contributed by atoms with E-state index < -0.39 is 5.97 Å². The third-order valence-corrected chi connectivity index (χ3v) is 3.85. The van der Waals surface area contributed by atoms with Crippen LogP contribution in [0.15, 0.2) is 36.5 Å². The average Bonchev–Trinajstić information content (AvgIpc) is 2.75. The zero-order valence-electron chi connectivity index (χ0n) is 10.9. The fraction of sp³-hybridized carbons (Fsp3) is 0.200. The lowest BCUT2D eigenvalue weighted by Gasteiger charge is -2.25. The fourth-order valence-electron chi connectivity index (χ4n) is 2.57. The number of rotatable bonds is 2. The highest BCUT2D eigenvalue weighted by Crippen LogP contribution is 2.38. The van der Waals surface area contributed by atoms with Crippen LogP contribution in [0.25, 0.3) is 0 Å². The van der Waals surface area contributed by atoms with Crippen molar-refractivity contribution in [2.75, 3.05) is 5.32 Å². The zero-order valence-corrected chi connectivity index (χ0v) is 11.6. The van der Waals surface area contributed by atoms with E-state index in [-0.39, 0.29) is 11.1 Å². The van der Waals surface area contributed by atoms with Gasteiger partial charge in [0.25, 0.3) is 0 Å². The van der Waals surface area contributed by atoms with Gasteiger partial charge in [-0.15, -0.1) is 0 Å². The number of nitrogens with zero attached hydrogens (tertiary/aromatic N) is 1. The Balaban J connectivity index is 1.98. The first-order valence-corrected chi connectivity index (χ1v) is 6.62. The highest BCUT2D eigenvalue weighted by atomic mass is 35.5. The number of fused-ring (bicyclic) bond motifs is 1. The van der Waals surface area contributed by atoms with Crippen molar-refractivity contribution in [3.63, 3.8) is 0 Å². The summed E-state index contributed by atoms with van der Waals surface area (Å²) < 4.78 is 0. The third kappa shape index (κ3) is 2.12. The Morgan fingerprint density at radius 3 is 2.95 bits per heavy atom. The Kier molecular flexibility index (Phi) is 2.91. The number of aromatic nitrogens is 1. The second-order valence-corrected chi connectivity index (χ2v) is 5.62. The molecule has 2 aromatic rings. The molecular weight excluding hydrogens is 276 g/mol. The summed E-state index contributed by atoms with van der Waals surface area (Å²) in [5.41, 5.74) is 1.85. The molecule has 0 fully saturated rings. The number of carbonyl (C=O) groups is 1. The van der Waals surface area contributed by atoms with Crippen LogP contribution in [-0.4, -0.2) is 16.1 Å². The van der Waals surface area contributed by atoms with Crippen LogP contribution in [0.1, 0.15) is 28.4 Å². The summed E-state index contributed by atoms with van der Waals surface area (Å²) in [4.78, 5) is 15.2. The normalized spacial score (nSPS) is 20.3. The van der Waals surface area contributed by atoms with Gasteiger partial charge in [-0.2, -0.15) is 0 Å². The van der Waals surface area contributed by atoms with Crippen LogP contribution in [0, 0.1) is 0 Å². The molecule has 0 saturated heterocycles. The molecule has 0 amide bonds. The van der Waals surface area contributed by atoms with Crippen LogP contribution in [0.3, 0.4) is 0 Å². The smallest absolute Gasteiger partial charge is 0.337 e. The van der Waals surface area contributed by atoms with Gasteiger partial charge >= 0.3 is 5.97 Å². The molecule has 1 aliphatic rings. The Morgan fingerprint density at radius 1 is 1.45 bits per heavy atom. The predicted molar refractivity (Wildman–Crippen MR) is 77.3 cm³/mol. The maximum Gasteiger partial charge on any atom is 0.337 e. The van der Waals surface area contributed by atoms with Crippen molar-refractivity contribution in [3.8, 4) is 0 Å².